The number of carbonyl (C=O) groups is 1. The second kappa shape index (κ2) is 6.00. The van der Waals surface area contributed by atoms with Crippen molar-refractivity contribution in [3.63, 3.8) is 0 Å². The third-order valence-electron chi connectivity index (χ3n) is 4.54. The molecule has 0 bridgehead atoms. The first-order valence-corrected chi connectivity index (χ1v) is 7.53. The molecule has 1 aliphatic heterocycles. The maximum Gasteiger partial charge on any atom is 0.387 e. The Morgan fingerprint density at radius 3 is 2.71 bits per heavy atom. The van der Waals surface area contributed by atoms with Crippen LogP contribution in [0.1, 0.15) is 50.0 Å². The van der Waals surface area contributed by atoms with Gasteiger partial charge < -0.3 is 10.1 Å². The number of fused-ring (bicyclic) bond motifs is 1. The Labute approximate surface area is 122 Å². The van der Waals surface area contributed by atoms with Gasteiger partial charge in [-0.25, -0.2) is 0 Å². The Morgan fingerprint density at radius 1 is 1.24 bits per heavy atom. The zero-order chi connectivity index (χ0) is 14.8. The lowest BCUT2D eigenvalue weighted by Gasteiger charge is -2.13. The maximum absolute atomic E-state index is 12.3. The molecule has 21 heavy (non-hydrogen) atoms. The van der Waals surface area contributed by atoms with Crippen LogP contribution >= 0.6 is 0 Å². The van der Waals surface area contributed by atoms with Gasteiger partial charge in [0.15, 0.2) is 0 Å². The summed E-state index contributed by atoms with van der Waals surface area (Å²) in [5.41, 5.74) is 1.51. The van der Waals surface area contributed by atoms with E-state index < -0.39 is 6.61 Å². The van der Waals surface area contributed by atoms with Crippen LogP contribution in [0.15, 0.2) is 18.2 Å². The summed E-state index contributed by atoms with van der Waals surface area (Å²) in [6, 6.07) is 4.67. The first-order chi connectivity index (χ1) is 10.1. The molecule has 1 aromatic rings. The molecule has 1 N–H and O–H groups in total. The van der Waals surface area contributed by atoms with Crippen LogP contribution in [0.3, 0.4) is 0 Å². The highest BCUT2D eigenvalue weighted by Crippen LogP contribution is 2.40. The van der Waals surface area contributed by atoms with Gasteiger partial charge in [-0.3, -0.25) is 4.79 Å². The van der Waals surface area contributed by atoms with Crippen molar-refractivity contribution in [3.05, 3.63) is 23.8 Å². The van der Waals surface area contributed by atoms with Gasteiger partial charge in [0.25, 0.3) is 0 Å². The molecule has 1 aliphatic carbocycles. The molecule has 1 amide bonds. The monoisotopic (exact) mass is 295 g/mol. The van der Waals surface area contributed by atoms with Crippen molar-refractivity contribution in [2.24, 2.45) is 5.92 Å². The summed E-state index contributed by atoms with van der Waals surface area (Å²) >= 11 is 0. The fourth-order valence-electron chi connectivity index (χ4n) is 3.47. The average molecular weight is 295 g/mol. The molecule has 5 heteroatoms. The molecular formula is C16H19F2NO2. The molecule has 1 fully saturated rings. The van der Waals surface area contributed by atoms with Crippen LogP contribution in [-0.2, 0) is 4.79 Å². The minimum Gasteiger partial charge on any atom is -0.435 e. The van der Waals surface area contributed by atoms with Gasteiger partial charge in [0.1, 0.15) is 5.75 Å². The van der Waals surface area contributed by atoms with E-state index in [1.165, 1.54) is 31.7 Å². The first-order valence-electron chi connectivity index (χ1n) is 7.53. The first kappa shape index (κ1) is 14.3. The molecule has 2 aliphatic rings. The summed E-state index contributed by atoms with van der Waals surface area (Å²) < 4.78 is 29.0. The van der Waals surface area contributed by atoms with Gasteiger partial charge >= 0.3 is 6.61 Å². The van der Waals surface area contributed by atoms with Gasteiger partial charge in [0, 0.05) is 5.69 Å². The van der Waals surface area contributed by atoms with Crippen molar-refractivity contribution in [2.75, 3.05) is 5.32 Å². The standard InChI is InChI=1S/C16H19F2NO2/c17-16(18)21-11-6-8-14-13(9-11)12(15(20)19-14)7-5-10-3-1-2-4-10/h6,8-10,12,16H,1-5,7H2,(H,19,20). The number of carbonyl (C=O) groups excluding carboxylic acids is 1. The smallest absolute Gasteiger partial charge is 0.387 e. The van der Waals surface area contributed by atoms with Crippen LogP contribution in [0.25, 0.3) is 0 Å². The number of anilines is 1. The minimum absolute atomic E-state index is 0.0304. The summed E-state index contributed by atoms with van der Waals surface area (Å²) in [7, 11) is 0. The van der Waals surface area contributed by atoms with E-state index in [9.17, 15) is 13.6 Å². The second-order valence-corrected chi connectivity index (χ2v) is 5.90. The van der Waals surface area contributed by atoms with E-state index in [0.717, 1.165) is 24.1 Å². The van der Waals surface area contributed by atoms with E-state index in [4.69, 9.17) is 0 Å². The molecule has 3 rings (SSSR count). The molecule has 1 unspecified atom stereocenters. The second-order valence-electron chi connectivity index (χ2n) is 5.90. The van der Waals surface area contributed by atoms with E-state index in [1.54, 1.807) is 12.1 Å². The zero-order valence-corrected chi connectivity index (χ0v) is 11.8. The maximum atomic E-state index is 12.3. The van der Waals surface area contributed by atoms with Crippen LogP contribution < -0.4 is 10.1 Å². The fraction of sp³-hybridized carbons (Fsp3) is 0.562. The molecule has 0 aromatic heterocycles. The van der Waals surface area contributed by atoms with Crippen LogP contribution in [0.4, 0.5) is 14.5 Å². The van der Waals surface area contributed by atoms with Crippen molar-refractivity contribution >= 4 is 11.6 Å². The Bertz CT molecular complexity index is 527. The number of benzene rings is 1. The lowest BCUT2D eigenvalue weighted by molar-refractivity contribution is -0.117. The Morgan fingerprint density at radius 2 is 2.00 bits per heavy atom. The van der Waals surface area contributed by atoms with Gasteiger partial charge in [-0.05, 0) is 42.5 Å². The highest BCUT2D eigenvalue weighted by atomic mass is 19.3. The van der Waals surface area contributed by atoms with Crippen LogP contribution in [0.5, 0.6) is 5.75 Å². The van der Waals surface area contributed by atoms with E-state index in [-0.39, 0.29) is 17.6 Å². The number of nitrogens with one attached hydrogen (secondary N) is 1. The molecule has 1 aromatic carbocycles. The van der Waals surface area contributed by atoms with Crippen molar-refractivity contribution in [2.45, 2.75) is 51.1 Å². The highest BCUT2D eigenvalue weighted by molar-refractivity contribution is 6.03. The van der Waals surface area contributed by atoms with Crippen LogP contribution in [0.2, 0.25) is 0 Å². The highest BCUT2D eigenvalue weighted by Gasteiger charge is 2.31. The van der Waals surface area contributed by atoms with Gasteiger partial charge in [-0.15, -0.1) is 0 Å². The number of rotatable bonds is 5. The topological polar surface area (TPSA) is 38.3 Å². The molecule has 114 valence electrons. The van der Waals surface area contributed by atoms with Gasteiger partial charge in [-0.2, -0.15) is 8.78 Å². The van der Waals surface area contributed by atoms with E-state index in [2.05, 4.69) is 10.1 Å². The summed E-state index contributed by atoms with van der Waals surface area (Å²) in [6.45, 7) is -2.84. The summed E-state index contributed by atoms with van der Waals surface area (Å²) in [5.74, 6) is 0.562. The van der Waals surface area contributed by atoms with Gasteiger partial charge in [0.05, 0.1) is 5.92 Å². The van der Waals surface area contributed by atoms with E-state index in [1.807, 2.05) is 0 Å². The summed E-state index contributed by atoms with van der Waals surface area (Å²) in [6.07, 6.45) is 6.86. The number of alkyl halides is 2. The molecule has 0 radical (unpaired) electrons. The Hall–Kier alpha value is -1.65. The number of hydrogen-bond donors (Lipinski definition) is 1. The molecule has 0 saturated heterocycles. The fourth-order valence-corrected chi connectivity index (χ4v) is 3.47. The largest absolute Gasteiger partial charge is 0.435 e. The SMILES string of the molecule is O=C1Nc2ccc(OC(F)F)cc2C1CCC1CCCC1. The molecule has 1 heterocycles. The predicted molar refractivity (Wildman–Crippen MR) is 75.6 cm³/mol. The Balaban J connectivity index is 1.72. The molecule has 1 atom stereocenters. The normalized spacial score (nSPS) is 21.7. The van der Waals surface area contributed by atoms with Crippen LogP contribution in [-0.4, -0.2) is 12.5 Å². The zero-order valence-electron chi connectivity index (χ0n) is 11.8. The van der Waals surface area contributed by atoms with E-state index >= 15 is 0 Å². The van der Waals surface area contributed by atoms with Gasteiger partial charge in [0.2, 0.25) is 5.91 Å². The van der Waals surface area contributed by atoms with Crippen molar-refractivity contribution < 1.29 is 18.3 Å². The lowest BCUT2D eigenvalue weighted by Crippen LogP contribution is -2.13. The van der Waals surface area contributed by atoms with Crippen LogP contribution in [0, 0.1) is 5.92 Å². The van der Waals surface area contributed by atoms with Gasteiger partial charge in [-0.1, -0.05) is 25.7 Å². The number of halogens is 2. The van der Waals surface area contributed by atoms with Crippen molar-refractivity contribution in [3.8, 4) is 5.75 Å². The van der Waals surface area contributed by atoms with E-state index in [0.29, 0.717) is 5.92 Å². The molecule has 1 saturated carbocycles. The third kappa shape index (κ3) is 3.17. The summed E-state index contributed by atoms with van der Waals surface area (Å²) in [4.78, 5) is 12.1. The number of ether oxygens (including phenoxy) is 1. The van der Waals surface area contributed by atoms with Crippen molar-refractivity contribution in [1.29, 1.82) is 0 Å². The molecular weight excluding hydrogens is 276 g/mol. The third-order valence-corrected chi connectivity index (χ3v) is 4.54. The quantitative estimate of drug-likeness (QED) is 0.879. The molecule has 0 spiro atoms. The average Bonchev–Trinajstić information content (AvgIpc) is 3.03. The number of hydrogen-bond acceptors (Lipinski definition) is 2. The molecule has 3 nitrogen and oxygen atoms in total. The Kier molecular flexibility index (Phi) is 4.08. The lowest BCUT2D eigenvalue weighted by atomic mass is 9.90. The van der Waals surface area contributed by atoms with Crippen molar-refractivity contribution in [1.82, 2.24) is 0 Å². The predicted octanol–water partition coefficient (Wildman–Crippen LogP) is 4.29. The number of amides is 1. The minimum atomic E-state index is -2.84. The summed E-state index contributed by atoms with van der Waals surface area (Å²) in [5, 5.41) is 2.82.